The Labute approximate surface area is 196 Å². The summed E-state index contributed by atoms with van der Waals surface area (Å²) >= 11 is 0. The molecule has 3 rings (SSSR count). The molecule has 1 aliphatic rings. The van der Waals surface area contributed by atoms with Crippen molar-refractivity contribution in [1.82, 2.24) is 25.5 Å². The zero-order valence-corrected chi connectivity index (χ0v) is 20.1. The van der Waals surface area contributed by atoms with E-state index < -0.39 is 0 Å². The summed E-state index contributed by atoms with van der Waals surface area (Å²) in [5.41, 5.74) is 1.08. The summed E-state index contributed by atoms with van der Waals surface area (Å²) in [6, 6.07) is 9.84. The molecule has 1 saturated heterocycles. The van der Waals surface area contributed by atoms with Gasteiger partial charge in [-0.1, -0.05) is 18.2 Å². The molecule has 8 nitrogen and oxygen atoms in total. The number of aliphatic imine (C=N–C) groups is 1. The Kier molecular flexibility index (Phi) is 10.6. The minimum atomic E-state index is 0. The molecule has 1 aromatic heterocycles. The summed E-state index contributed by atoms with van der Waals surface area (Å²) in [7, 11) is 1.69. The molecule has 0 radical (unpaired) electrons. The smallest absolute Gasteiger partial charge is 0.225 e. The van der Waals surface area contributed by atoms with Crippen molar-refractivity contribution in [2.45, 2.75) is 13.5 Å². The second-order valence-electron chi connectivity index (χ2n) is 6.81. The average molecular weight is 525 g/mol. The van der Waals surface area contributed by atoms with Crippen LogP contribution in [0.2, 0.25) is 0 Å². The number of rotatable bonds is 8. The number of nitrogens with one attached hydrogen (secondary N) is 2. The van der Waals surface area contributed by atoms with Crippen LogP contribution >= 0.6 is 24.0 Å². The lowest BCUT2D eigenvalue weighted by Gasteiger charge is -2.34. The lowest BCUT2D eigenvalue weighted by Crippen LogP contribution is -2.49. The molecule has 1 aliphatic heterocycles. The van der Waals surface area contributed by atoms with Crippen molar-refractivity contribution in [1.29, 1.82) is 0 Å². The summed E-state index contributed by atoms with van der Waals surface area (Å²) < 4.78 is 5.41. The van der Waals surface area contributed by atoms with Crippen molar-refractivity contribution in [2.24, 2.45) is 4.99 Å². The molecule has 0 saturated carbocycles. The Bertz CT molecular complexity index is 767. The molecule has 9 heteroatoms. The molecular weight excluding hydrogens is 493 g/mol. The van der Waals surface area contributed by atoms with Crippen LogP contribution in [0.25, 0.3) is 0 Å². The number of benzene rings is 1. The Balaban J connectivity index is 0.00000320. The van der Waals surface area contributed by atoms with Crippen LogP contribution < -0.4 is 20.3 Å². The number of anilines is 1. The molecule has 30 heavy (non-hydrogen) atoms. The van der Waals surface area contributed by atoms with Gasteiger partial charge in [0.25, 0.3) is 0 Å². The monoisotopic (exact) mass is 525 g/mol. The lowest BCUT2D eigenvalue weighted by atomic mass is 10.2. The van der Waals surface area contributed by atoms with Gasteiger partial charge in [0, 0.05) is 63.8 Å². The van der Waals surface area contributed by atoms with Gasteiger partial charge in [0.05, 0.1) is 13.7 Å². The van der Waals surface area contributed by atoms with E-state index in [-0.39, 0.29) is 24.0 Å². The minimum absolute atomic E-state index is 0. The van der Waals surface area contributed by atoms with E-state index in [0.29, 0.717) is 6.54 Å². The van der Waals surface area contributed by atoms with E-state index in [4.69, 9.17) is 9.73 Å². The molecular formula is C21H32IN7O. The molecule has 0 atom stereocenters. The fraction of sp³-hybridized carbons (Fsp3) is 0.476. The van der Waals surface area contributed by atoms with Crippen molar-refractivity contribution in [3.8, 4) is 5.75 Å². The topological polar surface area (TPSA) is 77.9 Å². The number of para-hydroxylation sites is 1. The van der Waals surface area contributed by atoms with E-state index in [9.17, 15) is 0 Å². The van der Waals surface area contributed by atoms with Gasteiger partial charge < -0.3 is 20.3 Å². The van der Waals surface area contributed by atoms with Crippen LogP contribution in [0.5, 0.6) is 5.75 Å². The Hall–Kier alpha value is -2.14. The maximum Gasteiger partial charge on any atom is 0.225 e. The van der Waals surface area contributed by atoms with Gasteiger partial charge in [-0.3, -0.25) is 4.90 Å². The molecule has 0 amide bonds. The van der Waals surface area contributed by atoms with E-state index in [1.807, 2.05) is 30.3 Å². The van der Waals surface area contributed by atoms with Crippen LogP contribution in [-0.4, -0.2) is 73.8 Å². The summed E-state index contributed by atoms with van der Waals surface area (Å²) in [4.78, 5) is 18.1. The number of aromatic nitrogens is 2. The molecule has 1 fully saturated rings. The van der Waals surface area contributed by atoms with Crippen molar-refractivity contribution in [3.05, 3.63) is 48.3 Å². The maximum atomic E-state index is 5.41. The van der Waals surface area contributed by atoms with Gasteiger partial charge in [-0.2, -0.15) is 0 Å². The van der Waals surface area contributed by atoms with Gasteiger partial charge in [-0.15, -0.1) is 24.0 Å². The van der Waals surface area contributed by atoms with E-state index in [1.54, 1.807) is 19.5 Å². The van der Waals surface area contributed by atoms with Crippen molar-refractivity contribution >= 4 is 35.9 Å². The lowest BCUT2D eigenvalue weighted by molar-refractivity contribution is 0.260. The molecule has 0 bridgehead atoms. The van der Waals surface area contributed by atoms with Crippen molar-refractivity contribution < 1.29 is 4.74 Å². The van der Waals surface area contributed by atoms with E-state index in [2.05, 4.69) is 37.3 Å². The Morgan fingerprint density at radius 1 is 1.07 bits per heavy atom. The maximum absolute atomic E-state index is 5.41. The summed E-state index contributed by atoms with van der Waals surface area (Å²) in [5.74, 6) is 2.52. The van der Waals surface area contributed by atoms with Crippen LogP contribution in [0, 0.1) is 0 Å². The van der Waals surface area contributed by atoms with Gasteiger partial charge in [0.2, 0.25) is 5.95 Å². The fourth-order valence-electron chi connectivity index (χ4n) is 3.30. The second kappa shape index (κ2) is 13.2. The Morgan fingerprint density at radius 2 is 1.80 bits per heavy atom. The van der Waals surface area contributed by atoms with Gasteiger partial charge in [-0.25, -0.2) is 15.0 Å². The van der Waals surface area contributed by atoms with Crippen LogP contribution in [0.15, 0.2) is 47.7 Å². The molecule has 2 N–H and O–H groups in total. The predicted molar refractivity (Wildman–Crippen MR) is 132 cm³/mol. The normalized spacial score (nSPS) is 14.7. The summed E-state index contributed by atoms with van der Waals surface area (Å²) in [6.07, 6.45) is 3.59. The number of hydrogen-bond donors (Lipinski definition) is 2. The van der Waals surface area contributed by atoms with Gasteiger partial charge >= 0.3 is 0 Å². The molecule has 0 spiro atoms. The van der Waals surface area contributed by atoms with Crippen LogP contribution in [0.4, 0.5) is 5.95 Å². The van der Waals surface area contributed by atoms with E-state index in [0.717, 1.165) is 69.0 Å². The molecule has 0 aliphatic carbocycles. The van der Waals surface area contributed by atoms with E-state index in [1.165, 1.54) is 0 Å². The number of ether oxygens (including phenoxy) is 1. The van der Waals surface area contributed by atoms with Gasteiger partial charge in [0.15, 0.2) is 5.96 Å². The standard InChI is InChI=1S/C21H31N7O.HI/c1-3-22-20(26-17-18-7-4-5-8-19(18)29-2)23-11-12-27-13-15-28(16-14-27)21-24-9-6-10-25-21;/h4-10H,3,11-17H2,1-2H3,(H2,22,23,26);1H. The van der Waals surface area contributed by atoms with Gasteiger partial charge in [-0.05, 0) is 19.1 Å². The highest BCUT2D eigenvalue weighted by molar-refractivity contribution is 14.0. The van der Waals surface area contributed by atoms with Crippen LogP contribution in [0.1, 0.15) is 12.5 Å². The molecule has 164 valence electrons. The number of halogens is 1. The van der Waals surface area contributed by atoms with Crippen LogP contribution in [-0.2, 0) is 6.54 Å². The zero-order chi connectivity index (χ0) is 20.3. The summed E-state index contributed by atoms with van der Waals surface area (Å²) in [5, 5.41) is 6.75. The highest BCUT2D eigenvalue weighted by atomic mass is 127. The highest BCUT2D eigenvalue weighted by Crippen LogP contribution is 2.17. The average Bonchev–Trinajstić information content (AvgIpc) is 2.78. The highest BCUT2D eigenvalue weighted by Gasteiger charge is 2.18. The fourth-order valence-corrected chi connectivity index (χ4v) is 3.30. The zero-order valence-electron chi connectivity index (χ0n) is 17.8. The predicted octanol–water partition coefficient (Wildman–Crippen LogP) is 1.98. The van der Waals surface area contributed by atoms with Gasteiger partial charge in [0.1, 0.15) is 5.75 Å². The SMILES string of the molecule is CCNC(=NCc1ccccc1OC)NCCN1CCN(c2ncccn2)CC1.I. The van der Waals surface area contributed by atoms with Crippen LogP contribution in [0.3, 0.4) is 0 Å². The molecule has 2 heterocycles. The molecule has 0 unspecified atom stereocenters. The minimum Gasteiger partial charge on any atom is -0.496 e. The Morgan fingerprint density at radius 3 is 2.50 bits per heavy atom. The van der Waals surface area contributed by atoms with Crippen molar-refractivity contribution in [3.63, 3.8) is 0 Å². The number of guanidine groups is 1. The largest absolute Gasteiger partial charge is 0.496 e. The van der Waals surface area contributed by atoms with E-state index >= 15 is 0 Å². The number of nitrogens with zero attached hydrogens (tertiary/aromatic N) is 5. The first-order valence-electron chi connectivity index (χ1n) is 10.2. The number of methoxy groups -OCH3 is 1. The molecule has 2 aromatic rings. The summed E-state index contributed by atoms with van der Waals surface area (Å²) in [6.45, 7) is 9.22. The second-order valence-corrected chi connectivity index (χ2v) is 6.81. The quantitative estimate of drug-likeness (QED) is 0.310. The first-order valence-corrected chi connectivity index (χ1v) is 10.2. The number of piperazine rings is 1. The molecule has 1 aromatic carbocycles. The van der Waals surface area contributed by atoms with Crippen molar-refractivity contribution in [2.75, 3.05) is 57.8 Å². The number of hydrogen-bond acceptors (Lipinski definition) is 6. The first-order chi connectivity index (χ1) is 14.3. The third-order valence-corrected chi connectivity index (χ3v) is 4.87. The third kappa shape index (κ3) is 7.28. The third-order valence-electron chi connectivity index (χ3n) is 4.87. The first kappa shape index (κ1) is 24.1.